The van der Waals surface area contributed by atoms with Gasteiger partial charge in [0.05, 0.1) is 19.8 Å². The first-order valence-corrected chi connectivity index (χ1v) is 18.6. The maximum atomic E-state index is 13.8. The summed E-state index contributed by atoms with van der Waals surface area (Å²) >= 11 is 0. The molecule has 2 bridgehead atoms. The van der Waals surface area contributed by atoms with E-state index < -0.39 is 18.2 Å². The van der Waals surface area contributed by atoms with Crippen molar-refractivity contribution in [3.05, 3.63) is 91.0 Å². The first kappa shape index (κ1) is 42.1. The Kier molecular flexibility index (Phi) is 14.9. The van der Waals surface area contributed by atoms with E-state index in [2.05, 4.69) is 48.6 Å². The van der Waals surface area contributed by atoms with Gasteiger partial charge in [-0.25, -0.2) is 4.79 Å². The summed E-state index contributed by atoms with van der Waals surface area (Å²) in [6.45, 7) is 12.1. The molecule has 0 aromatic heterocycles. The van der Waals surface area contributed by atoms with Crippen molar-refractivity contribution in [2.24, 2.45) is 23.2 Å². The van der Waals surface area contributed by atoms with Crippen LogP contribution >= 0.6 is 0 Å². The van der Waals surface area contributed by atoms with Crippen LogP contribution in [0, 0.1) is 29.6 Å². The molecule has 4 amide bonds. The highest BCUT2D eigenvalue weighted by Gasteiger charge is 2.56. The molecule has 3 saturated carbocycles. The summed E-state index contributed by atoms with van der Waals surface area (Å²) in [6.07, 6.45) is 10.3. The van der Waals surface area contributed by atoms with Gasteiger partial charge in [-0.15, -0.1) is 0 Å². The lowest BCUT2D eigenvalue weighted by molar-refractivity contribution is -0.198. The van der Waals surface area contributed by atoms with E-state index in [0.29, 0.717) is 29.1 Å². The van der Waals surface area contributed by atoms with Gasteiger partial charge in [-0.2, -0.15) is 5.06 Å². The number of hydrogen-bond donors (Lipinski definition) is 5. The van der Waals surface area contributed by atoms with Crippen LogP contribution in [0.2, 0.25) is 0 Å². The predicted octanol–water partition coefficient (Wildman–Crippen LogP) is 5.22. The number of anilines is 1. The van der Waals surface area contributed by atoms with Crippen LogP contribution in [0.5, 0.6) is 5.75 Å². The zero-order valence-electron chi connectivity index (χ0n) is 33.0. The van der Waals surface area contributed by atoms with Crippen LogP contribution in [0.4, 0.5) is 10.5 Å². The fourth-order valence-corrected chi connectivity index (χ4v) is 7.76. The third-order valence-corrected chi connectivity index (χ3v) is 10.8. The molecule has 0 spiro atoms. The molecular weight excluding hydrogens is 684 g/mol. The lowest BCUT2D eigenvalue weighted by atomic mass is 9.45. The van der Waals surface area contributed by atoms with E-state index in [4.69, 9.17) is 9.57 Å². The van der Waals surface area contributed by atoms with E-state index in [1.165, 1.54) is 12.6 Å². The van der Waals surface area contributed by atoms with Gasteiger partial charge in [0.1, 0.15) is 18.4 Å². The first-order valence-electron chi connectivity index (χ1n) is 18.6. The van der Waals surface area contributed by atoms with Gasteiger partial charge in [-0.1, -0.05) is 63.8 Å². The van der Waals surface area contributed by atoms with Crippen LogP contribution in [0.25, 0.3) is 11.1 Å². The zero-order chi connectivity index (χ0) is 39.6. The molecule has 0 unspecified atom stereocenters. The molecule has 0 saturated heterocycles. The summed E-state index contributed by atoms with van der Waals surface area (Å²) in [5, 5.41) is 23.3. The highest BCUT2D eigenvalue weighted by Crippen LogP contribution is 2.61. The number of methoxy groups -OCH3 is 1. The van der Waals surface area contributed by atoms with E-state index in [-0.39, 0.29) is 42.9 Å². The van der Waals surface area contributed by atoms with E-state index >= 15 is 0 Å². The minimum atomic E-state index is -0.867. The predicted molar refractivity (Wildman–Crippen MR) is 214 cm³/mol. The Balaban J connectivity index is 1.62. The number of hydroxylamine groups is 2. The van der Waals surface area contributed by atoms with Crippen molar-refractivity contribution in [1.29, 1.82) is 0 Å². The molecule has 293 valence electrons. The zero-order valence-corrected chi connectivity index (χ0v) is 33.0. The maximum absolute atomic E-state index is 13.8. The van der Waals surface area contributed by atoms with Gasteiger partial charge in [0, 0.05) is 68.7 Å². The number of hydrogen-bond acceptors (Lipinski definition) is 8. The number of para-hydroxylation sites is 1. The number of urea groups is 1. The number of aliphatic hydroxyl groups is 1. The second kappa shape index (κ2) is 19.1. The maximum Gasteiger partial charge on any atom is 0.318 e. The van der Waals surface area contributed by atoms with Crippen LogP contribution in [0.15, 0.2) is 73.5 Å². The molecule has 12 nitrogen and oxygen atoms in total. The fourth-order valence-electron chi connectivity index (χ4n) is 7.76. The number of carbonyl (C=O) groups excluding carboxylic acids is 3. The van der Waals surface area contributed by atoms with Gasteiger partial charge >= 0.3 is 6.03 Å². The standard InChI is InChI=1S/C42H59N6O6/c1-10-11-12-13-17-44-41(52)45-24-34(18-27(2)49)54-48(26-38(50)46-37-23-32-22-36(28(37)3)42(32,4)5)25-29-15-14-16-35(39(29)53-9)30-19-31(40(51)43-6)21-33(20-30)47(7)8/h10-21,27-28,32,34,36-37,49H,1,22-26H2,2-9H3,(H,43,51)(H,46,50)(H2,44,45,52)/b12-11-,17-13+/t27-,28-,32-,34+,36+,37-/m0/s1. The number of allylic oxidation sites excluding steroid dienone is 4. The molecular formula is C42H59N6O6. The van der Waals surface area contributed by atoms with Crippen molar-refractivity contribution in [3.63, 3.8) is 0 Å². The third-order valence-electron chi connectivity index (χ3n) is 10.8. The minimum Gasteiger partial charge on any atom is -0.496 e. The highest BCUT2D eigenvalue weighted by molar-refractivity contribution is 5.97. The van der Waals surface area contributed by atoms with E-state index in [1.807, 2.05) is 55.4 Å². The lowest BCUT2D eigenvalue weighted by Crippen LogP contribution is -2.61. The molecule has 0 heterocycles. The van der Waals surface area contributed by atoms with Crippen LogP contribution in [0.3, 0.4) is 0 Å². The Bertz CT molecular complexity index is 1690. The molecule has 3 aliphatic carbocycles. The van der Waals surface area contributed by atoms with Crippen LogP contribution in [-0.4, -0.2) is 87.6 Å². The van der Waals surface area contributed by atoms with Crippen molar-refractivity contribution < 1.29 is 29.1 Å². The van der Waals surface area contributed by atoms with Gasteiger partial charge < -0.3 is 36.0 Å². The summed E-state index contributed by atoms with van der Waals surface area (Å²) in [4.78, 5) is 47.5. The Hall–Kier alpha value is -4.65. The molecule has 54 heavy (non-hydrogen) atoms. The average molecular weight is 744 g/mol. The average Bonchev–Trinajstić information content (AvgIpc) is 3.13. The summed E-state index contributed by atoms with van der Waals surface area (Å²) in [5.41, 5.74) is 3.89. The van der Waals surface area contributed by atoms with Gasteiger partial charge in [0.25, 0.3) is 5.91 Å². The topological polar surface area (TPSA) is 144 Å². The molecule has 5 rings (SSSR count). The van der Waals surface area contributed by atoms with Crippen molar-refractivity contribution in [1.82, 2.24) is 26.3 Å². The van der Waals surface area contributed by atoms with Crippen LogP contribution in [-0.2, 0) is 16.2 Å². The smallest absolute Gasteiger partial charge is 0.318 e. The number of rotatable bonds is 18. The Morgan fingerprint density at radius 3 is 2.50 bits per heavy atom. The number of aliphatic hydroxyl groups excluding tert-OH is 1. The molecule has 1 radical (unpaired) electrons. The number of carbonyl (C=O) groups is 3. The number of fused-ring (bicyclic) bond motifs is 2. The first-order chi connectivity index (χ1) is 25.7. The number of nitrogens with zero attached hydrogens (tertiary/aromatic N) is 2. The number of amides is 4. The highest BCUT2D eigenvalue weighted by atomic mass is 16.7. The van der Waals surface area contributed by atoms with E-state index in [0.717, 1.165) is 28.8 Å². The fraction of sp³-hybridized carbons (Fsp3) is 0.476. The quantitative estimate of drug-likeness (QED) is 0.103. The van der Waals surface area contributed by atoms with Gasteiger partial charge in [0.2, 0.25) is 5.91 Å². The molecule has 3 aliphatic rings. The molecule has 2 aromatic carbocycles. The molecule has 12 heteroatoms. The molecule has 5 N–H and O–H groups in total. The normalized spacial score (nSPS) is 21.2. The van der Waals surface area contributed by atoms with Crippen LogP contribution in [0.1, 0.15) is 56.5 Å². The van der Waals surface area contributed by atoms with E-state index in [9.17, 15) is 19.5 Å². The molecule has 0 aliphatic heterocycles. The van der Waals surface area contributed by atoms with Crippen molar-refractivity contribution >= 4 is 23.5 Å². The Morgan fingerprint density at radius 1 is 1.11 bits per heavy atom. The summed E-state index contributed by atoms with van der Waals surface area (Å²) in [5.74, 6) is 1.64. The van der Waals surface area contributed by atoms with Gasteiger partial charge in [-0.05, 0) is 72.8 Å². The number of benzene rings is 2. The lowest BCUT2D eigenvalue weighted by Gasteiger charge is -2.62. The molecule has 6 atom stereocenters. The minimum absolute atomic E-state index is 0.0140. The van der Waals surface area contributed by atoms with Crippen molar-refractivity contribution in [2.45, 2.75) is 65.3 Å². The van der Waals surface area contributed by atoms with Gasteiger partial charge in [-0.3, -0.25) is 14.4 Å². The Labute approximate surface area is 321 Å². The monoisotopic (exact) mass is 743 g/mol. The molecule has 3 fully saturated rings. The molecule has 2 aromatic rings. The number of ether oxygens (including phenoxy) is 1. The SMILES string of the molecule is C=C/C=C\C=C\NC(=O)NC[C@@H]([CH][C@H](C)O)ON(CC(=O)N[C@H]1C[C@@H]2C[C@H]([C@@H]1C)C2(C)C)Cc1cccc(-c2cc(C(=O)NC)cc(N(C)C)c2)c1OC. The summed E-state index contributed by atoms with van der Waals surface area (Å²) < 4.78 is 6.02. The number of nitrogens with one attached hydrogen (secondary N) is 4. The third kappa shape index (κ3) is 10.7. The van der Waals surface area contributed by atoms with E-state index in [1.54, 1.807) is 56.9 Å². The summed E-state index contributed by atoms with van der Waals surface area (Å²) in [6, 6.07) is 11.0. The van der Waals surface area contributed by atoms with Gasteiger partial charge in [0.15, 0.2) is 0 Å². The van der Waals surface area contributed by atoms with Crippen LogP contribution < -0.4 is 30.9 Å². The summed E-state index contributed by atoms with van der Waals surface area (Å²) in [7, 11) is 7.01. The largest absolute Gasteiger partial charge is 0.496 e. The van der Waals surface area contributed by atoms with Crippen molar-refractivity contribution in [2.75, 3.05) is 46.2 Å². The van der Waals surface area contributed by atoms with Crippen molar-refractivity contribution in [3.8, 4) is 16.9 Å². The second-order valence-corrected chi connectivity index (χ2v) is 15.1. The Morgan fingerprint density at radius 2 is 1.87 bits per heavy atom. The second-order valence-electron chi connectivity index (χ2n) is 15.1.